The van der Waals surface area contributed by atoms with Gasteiger partial charge in [0.05, 0.1) is 24.0 Å². The molecule has 0 bridgehead atoms. The monoisotopic (exact) mass is 317 g/mol. The lowest BCUT2D eigenvalue weighted by Gasteiger charge is -2.18. The van der Waals surface area contributed by atoms with Crippen LogP contribution in [0.4, 0.5) is 0 Å². The summed E-state index contributed by atoms with van der Waals surface area (Å²) >= 11 is 7.27. The fourth-order valence-electron chi connectivity index (χ4n) is 1.63. The van der Waals surface area contributed by atoms with Crippen molar-refractivity contribution in [2.75, 3.05) is 26.2 Å². The number of hydrogen-bond donors (Lipinski definition) is 2. The highest BCUT2D eigenvalue weighted by Gasteiger charge is 2.12. The number of thiophene rings is 1. The van der Waals surface area contributed by atoms with Crippen molar-refractivity contribution in [1.29, 1.82) is 0 Å². The number of nitrogens with one attached hydrogen (secondary N) is 2. The lowest BCUT2D eigenvalue weighted by atomic mass is 10.4. The van der Waals surface area contributed by atoms with Crippen LogP contribution in [0.15, 0.2) is 12.1 Å². The Bertz CT molecular complexity index is 451. The van der Waals surface area contributed by atoms with Crippen LogP contribution >= 0.6 is 22.9 Å². The van der Waals surface area contributed by atoms with E-state index in [-0.39, 0.29) is 24.9 Å². The first kappa shape index (κ1) is 16.9. The van der Waals surface area contributed by atoms with E-state index in [0.29, 0.717) is 24.0 Å². The molecular formula is C13H20ClN3O2S. The van der Waals surface area contributed by atoms with Crippen LogP contribution in [0.3, 0.4) is 0 Å². The van der Waals surface area contributed by atoms with E-state index < -0.39 is 0 Å². The third-order valence-corrected chi connectivity index (χ3v) is 3.88. The van der Waals surface area contributed by atoms with Gasteiger partial charge in [0.15, 0.2) is 0 Å². The molecule has 1 aromatic rings. The molecule has 0 unspecified atom stereocenters. The number of likely N-dealkylation sites (N-methyl/N-ethyl adjacent to an activating group) is 2. The Kier molecular flexibility index (Phi) is 7.58. The Labute approximate surface area is 128 Å². The van der Waals surface area contributed by atoms with Crippen molar-refractivity contribution in [3.05, 3.63) is 21.3 Å². The zero-order valence-corrected chi connectivity index (χ0v) is 13.3. The molecule has 0 aromatic carbocycles. The maximum atomic E-state index is 11.8. The summed E-state index contributed by atoms with van der Waals surface area (Å²) in [5.41, 5.74) is 0. The Hall–Kier alpha value is -1.11. The number of hydrogen-bond acceptors (Lipinski definition) is 4. The van der Waals surface area contributed by atoms with Gasteiger partial charge < -0.3 is 10.6 Å². The van der Waals surface area contributed by atoms with Crippen molar-refractivity contribution >= 4 is 34.8 Å². The minimum absolute atomic E-state index is 0.0628. The first-order valence-electron chi connectivity index (χ1n) is 6.55. The maximum absolute atomic E-state index is 11.8. The molecule has 1 heterocycles. The van der Waals surface area contributed by atoms with E-state index in [4.69, 9.17) is 11.6 Å². The molecule has 0 radical (unpaired) electrons. The number of rotatable bonds is 8. The van der Waals surface area contributed by atoms with Crippen molar-refractivity contribution in [2.45, 2.75) is 20.4 Å². The quantitative estimate of drug-likeness (QED) is 0.763. The Morgan fingerprint density at radius 3 is 2.35 bits per heavy atom. The molecule has 20 heavy (non-hydrogen) atoms. The summed E-state index contributed by atoms with van der Waals surface area (Å²) in [4.78, 5) is 26.1. The molecule has 0 aliphatic rings. The van der Waals surface area contributed by atoms with Gasteiger partial charge in [0, 0.05) is 11.4 Å². The standard InChI is InChI=1S/C13H20ClN3O2S/c1-3-15-12(18)8-17(4-2)9-13(19)16-7-10-5-6-11(14)20-10/h5-6H,3-4,7-9H2,1-2H3,(H,15,18)(H,16,19). The van der Waals surface area contributed by atoms with E-state index in [1.54, 1.807) is 11.0 Å². The molecular weight excluding hydrogens is 298 g/mol. The second-order valence-electron chi connectivity index (χ2n) is 4.24. The van der Waals surface area contributed by atoms with Gasteiger partial charge in [-0.1, -0.05) is 18.5 Å². The third-order valence-electron chi connectivity index (χ3n) is 2.64. The summed E-state index contributed by atoms with van der Waals surface area (Å²) in [6, 6.07) is 3.70. The molecule has 0 fully saturated rings. The molecule has 0 spiro atoms. The normalized spacial score (nSPS) is 10.6. The van der Waals surface area contributed by atoms with Gasteiger partial charge >= 0.3 is 0 Å². The van der Waals surface area contributed by atoms with Crippen LogP contribution in [-0.4, -0.2) is 42.9 Å². The molecule has 0 saturated heterocycles. The first-order valence-corrected chi connectivity index (χ1v) is 7.74. The van der Waals surface area contributed by atoms with Crippen molar-refractivity contribution < 1.29 is 9.59 Å². The number of nitrogens with zero attached hydrogens (tertiary/aromatic N) is 1. The zero-order chi connectivity index (χ0) is 15.0. The first-order chi connectivity index (χ1) is 9.55. The summed E-state index contributed by atoms with van der Waals surface area (Å²) in [6.07, 6.45) is 0. The fourth-order valence-corrected chi connectivity index (χ4v) is 2.65. The molecule has 0 aliphatic heterocycles. The van der Waals surface area contributed by atoms with Crippen molar-refractivity contribution in [3.8, 4) is 0 Å². The maximum Gasteiger partial charge on any atom is 0.234 e. The molecule has 5 nitrogen and oxygen atoms in total. The van der Waals surface area contributed by atoms with E-state index in [1.165, 1.54) is 11.3 Å². The van der Waals surface area contributed by atoms with E-state index in [1.807, 2.05) is 19.9 Å². The molecule has 0 aliphatic carbocycles. The topological polar surface area (TPSA) is 61.4 Å². The minimum atomic E-state index is -0.0966. The Morgan fingerprint density at radius 2 is 1.85 bits per heavy atom. The lowest BCUT2D eigenvalue weighted by Crippen LogP contribution is -2.42. The van der Waals surface area contributed by atoms with Crippen molar-refractivity contribution in [3.63, 3.8) is 0 Å². The molecule has 1 aromatic heterocycles. The highest BCUT2D eigenvalue weighted by atomic mass is 35.5. The average molecular weight is 318 g/mol. The van der Waals surface area contributed by atoms with Gasteiger partial charge in [-0.05, 0) is 25.6 Å². The van der Waals surface area contributed by atoms with Gasteiger partial charge in [0.2, 0.25) is 11.8 Å². The molecule has 7 heteroatoms. The van der Waals surface area contributed by atoms with Crippen LogP contribution in [0.2, 0.25) is 4.34 Å². The number of amides is 2. The highest BCUT2D eigenvalue weighted by Crippen LogP contribution is 2.20. The second kappa shape index (κ2) is 8.94. The highest BCUT2D eigenvalue weighted by molar-refractivity contribution is 7.16. The molecule has 112 valence electrons. The van der Waals surface area contributed by atoms with Gasteiger partial charge in [-0.3, -0.25) is 14.5 Å². The van der Waals surface area contributed by atoms with Crippen molar-refractivity contribution in [2.24, 2.45) is 0 Å². The summed E-state index contributed by atoms with van der Waals surface area (Å²) in [5.74, 6) is -0.159. The average Bonchev–Trinajstić information content (AvgIpc) is 2.81. The van der Waals surface area contributed by atoms with E-state index >= 15 is 0 Å². The smallest absolute Gasteiger partial charge is 0.234 e. The number of carbonyl (C=O) groups excluding carboxylic acids is 2. The van der Waals surface area contributed by atoms with E-state index in [2.05, 4.69) is 10.6 Å². The van der Waals surface area contributed by atoms with Gasteiger partial charge in [0.25, 0.3) is 0 Å². The number of halogens is 1. The summed E-state index contributed by atoms with van der Waals surface area (Å²) in [7, 11) is 0. The van der Waals surface area contributed by atoms with Gasteiger partial charge in [-0.25, -0.2) is 0 Å². The fraction of sp³-hybridized carbons (Fsp3) is 0.538. The lowest BCUT2D eigenvalue weighted by molar-refractivity contribution is -0.125. The van der Waals surface area contributed by atoms with Gasteiger partial charge in [-0.15, -0.1) is 11.3 Å². The van der Waals surface area contributed by atoms with Gasteiger partial charge in [0.1, 0.15) is 0 Å². The Balaban J connectivity index is 2.33. The summed E-state index contributed by atoms with van der Waals surface area (Å²) < 4.78 is 0.709. The molecule has 1 rings (SSSR count). The summed E-state index contributed by atoms with van der Waals surface area (Å²) in [5, 5.41) is 5.54. The predicted octanol–water partition coefficient (Wildman–Crippen LogP) is 1.48. The largest absolute Gasteiger partial charge is 0.355 e. The SMILES string of the molecule is CCNC(=O)CN(CC)CC(=O)NCc1ccc(Cl)s1. The van der Waals surface area contributed by atoms with E-state index in [0.717, 1.165) is 4.88 Å². The van der Waals surface area contributed by atoms with Crippen LogP contribution in [0.1, 0.15) is 18.7 Å². The Morgan fingerprint density at radius 1 is 1.20 bits per heavy atom. The molecule has 0 atom stereocenters. The molecule has 0 saturated carbocycles. The van der Waals surface area contributed by atoms with Crippen LogP contribution in [0, 0.1) is 0 Å². The van der Waals surface area contributed by atoms with Crippen LogP contribution in [0.5, 0.6) is 0 Å². The molecule has 2 amide bonds. The zero-order valence-electron chi connectivity index (χ0n) is 11.7. The second-order valence-corrected chi connectivity index (χ2v) is 6.04. The van der Waals surface area contributed by atoms with Crippen molar-refractivity contribution in [1.82, 2.24) is 15.5 Å². The van der Waals surface area contributed by atoms with Crippen LogP contribution in [0.25, 0.3) is 0 Å². The molecule has 2 N–H and O–H groups in total. The summed E-state index contributed by atoms with van der Waals surface area (Å²) in [6.45, 7) is 5.96. The van der Waals surface area contributed by atoms with Gasteiger partial charge in [-0.2, -0.15) is 0 Å². The van der Waals surface area contributed by atoms with Crippen LogP contribution in [-0.2, 0) is 16.1 Å². The minimum Gasteiger partial charge on any atom is -0.355 e. The third kappa shape index (κ3) is 6.36. The van der Waals surface area contributed by atoms with Crippen LogP contribution < -0.4 is 10.6 Å². The number of carbonyl (C=O) groups is 2. The van der Waals surface area contributed by atoms with E-state index in [9.17, 15) is 9.59 Å². The predicted molar refractivity (Wildman–Crippen MR) is 82.0 cm³/mol.